The molecule has 1 aliphatic heterocycles. The molecule has 0 saturated carbocycles. The highest BCUT2D eigenvalue weighted by Gasteiger charge is 2.23. The van der Waals surface area contributed by atoms with E-state index in [0.29, 0.717) is 44.5 Å². The molecule has 0 radical (unpaired) electrons. The first kappa shape index (κ1) is 17.1. The van der Waals surface area contributed by atoms with Crippen molar-refractivity contribution in [1.29, 1.82) is 0 Å². The van der Waals surface area contributed by atoms with Crippen LogP contribution in [0.4, 0.5) is 11.8 Å². The van der Waals surface area contributed by atoms with Crippen LogP contribution in [0.5, 0.6) is 0 Å². The number of β-amino-alcohol motifs (C(OH)–C–C–N with tert-alkyl or cyclic N) is 1. The Labute approximate surface area is 145 Å². The van der Waals surface area contributed by atoms with Gasteiger partial charge < -0.3 is 20.8 Å². The highest BCUT2D eigenvalue weighted by atomic mass is 16.4. The van der Waals surface area contributed by atoms with E-state index in [1.54, 1.807) is 30.5 Å². The van der Waals surface area contributed by atoms with E-state index < -0.39 is 12.1 Å². The predicted molar refractivity (Wildman–Crippen MR) is 93.3 cm³/mol. The lowest BCUT2D eigenvalue weighted by Gasteiger charge is -2.21. The Morgan fingerprint density at radius 2 is 2.12 bits per heavy atom. The molecule has 1 unspecified atom stereocenters. The number of nitrogens with zero attached hydrogens (tertiary/aromatic N) is 4. The molecule has 2 aromatic rings. The molecule has 4 N–H and O–H groups in total. The third kappa shape index (κ3) is 4.43. The van der Waals surface area contributed by atoms with Crippen molar-refractivity contribution in [1.82, 2.24) is 14.9 Å². The highest BCUT2D eigenvalue weighted by Crippen LogP contribution is 2.15. The molecular weight excluding hydrogens is 322 g/mol. The summed E-state index contributed by atoms with van der Waals surface area (Å²) in [6.45, 7) is 2.85. The van der Waals surface area contributed by atoms with Crippen LogP contribution < -0.4 is 10.6 Å². The number of aliphatic hydroxyl groups is 1. The van der Waals surface area contributed by atoms with Crippen LogP contribution in [0.3, 0.4) is 0 Å². The van der Waals surface area contributed by atoms with Crippen molar-refractivity contribution >= 4 is 17.7 Å². The Bertz CT molecular complexity index is 755. The molecule has 0 amide bonds. The van der Waals surface area contributed by atoms with E-state index >= 15 is 0 Å². The minimum atomic E-state index is -0.942. The van der Waals surface area contributed by atoms with Crippen LogP contribution in [-0.4, -0.2) is 63.3 Å². The molecule has 132 valence electrons. The van der Waals surface area contributed by atoms with E-state index in [9.17, 15) is 9.90 Å². The molecule has 0 aliphatic carbocycles. The van der Waals surface area contributed by atoms with E-state index in [1.165, 1.54) is 0 Å². The molecule has 1 saturated heterocycles. The fraction of sp³-hybridized carbons (Fsp3) is 0.353. The van der Waals surface area contributed by atoms with Crippen LogP contribution in [0.15, 0.2) is 36.5 Å². The zero-order chi connectivity index (χ0) is 17.8. The van der Waals surface area contributed by atoms with E-state index in [1.807, 2.05) is 11.0 Å². The molecular formula is C17H21N5O3. The van der Waals surface area contributed by atoms with Gasteiger partial charge >= 0.3 is 5.97 Å². The highest BCUT2D eigenvalue weighted by molar-refractivity contribution is 5.87. The van der Waals surface area contributed by atoms with Gasteiger partial charge in [-0.15, -0.1) is 0 Å². The summed E-state index contributed by atoms with van der Waals surface area (Å²) in [4.78, 5) is 23.5. The summed E-state index contributed by atoms with van der Waals surface area (Å²) in [6.07, 6.45) is 1.04. The Morgan fingerprint density at radius 1 is 1.28 bits per heavy atom. The van der Waals surface area contributed by atoms with E-state index in [-0.39, 0.29) is 5.56 Å². The summed E-state index contributed by atoms with van der Waals surface area (Å²) in [5, 5.41) is 19.4. The number of hydrogen-bond acceptors (Lipinski definition) is 7. The number of rotatable bonds is 4. The molecule has 25 heavy (non-hydrogen) atoms. The smallest absolute Gasteiger partial charge is 0.335 e. The maximum absolute atomic E-state index is 11.1. The average molecular weight is 343 g/mol. The third-order valence-electron chi connectivity index (χ3n) is 4.11. The number of carbonyl (C=O) groups is 1. The minimum absolute atomic E-state index is 0.266. The van der Waals surface area contributed by atoms with Crippen LogP contribution in [0, 0.1) is 0 Å². The molecule has 2 heterocycles. The van der Waals surface area contributed by atoms with Crippen LogP contribution in [0.25, 0.3) is 0 Å². The zero-order valence-corrected chi connectivity index (χ0v) is 13.7. The van der Waals surface area contributed by atoms with Crippen molar-refractivity contribution in [3.63, 3.8) is 0 Å². The van der Waals surface area contributed by atoms with Crippen LogP contribution in [-0.2, 0) is 6.54 Å². The Hall–Kier alpha value is -2.71. The molecule has 1 aromatic carbocycles. The molecule has 1 atom stereocenters. The number of carboxylic acids is 1. The first-order chi connectivity index (χ1) is 12.0. The summed E-state index contributed by atoms with van der Waals surface area (Å²) in [5.74, 6) is -0.0393. The van der Waals surface area contributed by atoms with E-state index in [0.717, 1.165) is 5.56 Å². The van der Waals surface area contributed by atoms with Crippen molar-refractivity contribution in [3.8, 4) is 0 Å². The van der Waals surface area contributed by atoms with Crippen LogP contribution in [0.2, 0.25) is 0 Å². The van der Waals surface area contributed by atoms with Crippen LogP contribution in [0.1, 0.15) is 15.9 Å². The standard InChI is InChI=1S/C17H21N5O3/c18-15-4-5-19-17(20-15)22-7-6-21(10-14(23)11-22)9-12-2-1-3-13(8-12)16(24)25/h1-5,8,14,23H,6-7,9-11H2,(H,24,25)(H2,18,19,20). The SMILES string of the molecule is Nc1ccnc(N2CCN(Cc3cccc(C(=O)O)c3)CC(O)C2)n1. The Balaban J connectivity index is 1.69. The summed E-state index contributed by atoms with van der Waals surface area (Å²) in [5.41, 5.74) is 6.88. The van der Waals surface area contributed by atoms with Crippen molar-refractivity contribution in [2.75, 3.05) is 36.8 Å². The van der Waals surface area contributed by atoms with Gasteiger partial charge in [0.15, 0.2) is 0 Å². The fourth-order valence-corrected chi connectivity index (χ4v) is 2.96. The molecule has 1 aromatic heterocycles. The van der Waals surface area contributed by atoms with Gasteiger partial charge in [0.25, 0.3) is 0 Å². The van der Waals surface area contributed by atoms with Gasteiger partial charge in [0.05, 0.1) is 11.7 Å². The van der Waals surface area contributed by atoms with E-state index in [4.69, 9.17) is 10.8 Å². The summed E-state index contributed by atoms with van der Waals surface area (Å²) in [6, 6.07) is 8.49. The van der Waals surface area contributed by atoms with Gasteiger partial charge in [-0.2, -0.15) is 4.98 Å². The van der Waals surface area contributed by atoms with Gasteiger partial charge in [0, 0.05) is 38.9 Å². The predicted octanol–water partition coefficient (Wildman–Crippen LogP) is 0.440. The molecule has 1 aliphatic rings. The number of benzene rings is 1. The van der Waals surface area contributed by atoms with Crippen molar-refractivity contribution in [3.05, 3.63) is 47.7 Å². The largest absolute Gasteiger partial charge is 0.478 e. The lowest BCUT2D eigenvalue weighted by atomic mass is 10.1. The lowest BCUT2D eigenvalue weighted by Crippen LogP contribution is -2.34. The third-order valence-corrected chi connectivity index (χ3v) is 4.11. The van der Waals surface area contributed by atoms with Gasteiger partial charge in [-0.25, -0.2) is 9.78 Å². The lowest BCUT2D eigenvalue weighted by molar-refractivity contribution is 0.0696. The monoisotopic (exact) mass is 343 g/mol. The van der Waals surface area contributed by atoms with Crippen molar-refractivity contribution < 1.29 is 15.0 Å². The number of carboxylic acid groups (broad SMARTS) is 1. The number of aliphatic hydroxyl groups excluding tert-OH is 1. The number of hydrogen-bond donors (Lipinski definition) is 3. The summed E-state index contributed by atoms with van der Waals surface area (Å²) < 4.78 is 0. The molecule has 1 fully saturated rings. The number of aromatic carboxylic acids is 1. The van der Waals surface area contributed by atoms with Gasteiger partial charge in [0.1, 0.15) is 5.82 Å². The Kier molecular flexibility index (Phi) is 5.11. The van der Waals surface area contributed by atoms with Gasteiger partial charge in [-0.05, 0) is 23.8 Å². The second-order valence-electron chi connectivity index (χ2n) is 6.12. The molecule has 0 spiro atoms. The fourth-order valence-electron chi connectivity index (χ4n) is 2.96. The summed E-state index contributed by atoms with van der Waals surface area (Å²) >= 11 is 0. The normalized spacial score (nSPS) is 18.8. The van der Waals surface area contributed by atoms with Gasteiger partial charge in [-0.3, -0.25) is 4.90 Å². The van der Waals surface area contributed by atoms with Crippen LogP contribution >= 0.6 is 0 Å². The first-order valence-corrected chi connectivity index (χ1v) is 8.07. The average Bonchev–Trinajstić information content (AvgIpc) is 2.76. The molecule has 8 nitrogen and oxygen atoms in total. The second kappa shape index (κ2) is 7.45. The van der Waals surface area contributed by atoms with Gasteiger partial charge in [0.2, 0.25) is 5.95 Å². The zero-order valence-electron chi connectivity index (χ0n) is 13.7. The molecule has 8 heteroatoms. The second-order valence-corrected chi connectivity index (χ2v) is 6.12. The number of nitrogens with two attached hydrogens (primary N) is 1. The van der Waals surface area contributed by atoms with E-state index in [2.05, 4.69) is 14.9 Å². The molecule has 0 bridgehead atoms. The van der Waals surface area contributed by atoms with Crippen molar-refractivity contribution in [2.24, 2.45) is 0 Å². The maximum atomic E-state index is 11.1. The minimum Gasteiger partial charge on any atom is -0.478 e. The maximum Gasteiger partial charge on any atom is 0.335 e. The number of anilines is 2. The van der Waals surface area contributed by atoms with Gasteiger partial charge in [-0.1, -0.05) is 12.1 Å². The number of aromatic nitrogens is 2. The number of nitrogen functional groups attached to an aromatic ring is 1. The Morgan fingerprint density at radius 3 is 2.88 bits per heavy atom. The topological polar surface area (TPSA) is 116 Å². The first-order valence-electron chi connectivity index (χ1n) is 8.07. The van der Waals surface area contributed by atoms with Crippen molar-refractivity contribution in [2.45, 2.75) is 12.6 Å². The summed E-state index contributed by atoms with van der Waals surface area (Å²) in [7, 11) is 0. The quantitative estimate of drug-likeness (QED) is 0.732. The molecule has 3 rings (SSSR count).